The third-order valence-corrected chi connectivity index (χ3v) is 5.72. The number of nitrogens with one attached hydrogen (secondary N) is 1. The predicted octanol–water partition coefficient (Wildman–Crippen LogP) is 1.30. The van der Waals surface area contributed by atoms with Crippen LogP contribution in [0.2, 0.25) is 0 Å². The maximum absolute atomic E-state index is 12.8. The molecule has 29 heavy (non-hydrogen) atoms. The second-order valence-corrected chi connectivity index (χ2v) is 7.89. The first-order valence-corrected chi connectivity index (χ1v) is 10.2. The molecule has 1 aliphatic rings. The average molecular weight is 442 g/mol. The Morgan fingerprint density at radius 3 is 2.72 bits per heavy atom. The number of furan rings is 1. The third-order valence-electron chi connectivity index (χ3n) is 3.94. The molecule has 1 saturated heterocycles. The van der Waals surface area contributed by atoms with Crippen molar-refractivity contribution in [1.82, 2.24) is 9.62 Å². The van der Waals surface area contributed by atoms with Crippen LogP contribution in [-0.4, -0.2) is 69.7 Å². The van der Waals surface area contributed by atoms with E-state index in [0.717, 1.165) is 16.4 Å². The molecule has 0 spiro atoms. The zero-order valence-corrected chi connectivity index (χ0v) is 16.3. The van der Waals surface area contributed by atoms with Crippen molar-refractivity contribution in [2.75, 3.05) is 32.9 Å². The van der Waals surface area contributed by atoms with Gasteiger partial charge in [-0.05, 0) is 31.9 Å². The van der Waals surface area contributed by atoms with Crippen LogP contribution < -0.4 is 5.32 Å². The number of hydrogen-bond donors (Lipinski definition) is 1. The van der Waals surface area contributed by atoms with Crippen LogP contribution in [0.5, 0.6) is 0 Å². The SMILES string of the molecule is CCOC(=O)c1ccc(S(=O)(=O)N2CCCC2C(=O)NCCOCC(F)(F)F)o1. The van der Waals surface area contributed by atoms with Gasteiger partial charge in [0.05, 0.1) is 13.2 Å². The molecule has 1 N–H and O–H groups in total. The zero-order valence-electron chi connectivity index (χ0n) is 15.5. The number of rotatable bonds is 9. The lowest BCUT2D eigenvalue weighted by atomic mass is 10.2. The number of sulfonamides is 1. The van der Waals surface area contributed by atoms with Gasteiger partial charge in [0.1, 0.15) is 12.6 Å². The van der Waals surface area contributed by atoms with E-state index >= 15 is 0 Å². The number of carbonyl (C=O) groups excluding carboxylic acids is 2. The molecule has 1 aliphatic heterocycles. The normalized spacial score (nSPS) is 18.0. The van der Waals surface area contributed by atoms with E-state index in [1.54, 1.807) is 6.92 Å². The summed E-state index contributed by atoms with van der Waals surface area (Å²) >= 11 is 0. The summed E-state index contributed by atoms with van der Waals surface area (Å²) in [4.78, 5) is 23.9. The number of esters is 1. The van der Waals surface area contributed by atoms with Crippen molar-refractivity contribution >= 4 is 21.9 Å². The maximum atomic E-state index is 12.8. The highest BCUT2D eigenvalue weighted by Crippen LogP contribution is 2.27. The summed E-state index contributed by atoms with van der Waals surface area (Å²) in [5.41, 5.74) is 0. The number of alkyl halides is 3. The highest BCUT2D eigenvalue weighted by atomic mass is 32.2. The number of carbonyl (C=O) groups is 2. The molecule has 2 heterocycles. The monoisotopic (exact) mass is 442 g/mol. The van der Waals surface area contributed by atoms with E-state index in [4.69, 9.17) is 9.15 Å². The number of ether oxygens (including phenoxy) is 2. The quantitative estimate of drug-likeness (QED) is 0.453. The van der Waals surface area contributed by atoms with Crippen molar-refractivity contribution in [3.8, 4) is 0 Å². The lowest BCUT2D eigenvalue weighted by Crippen LogP contribution is -2.46. The molecule has 164 valence electrons. The third kappa shape index (κ3) is 6.18. The zero-order chi connectivity index (χ0) is 21.7. The van der Waals surface area contributed by atoms with Crippen LogP contribution in [0.1, 0.15) is 30.3 Å². The van der Waals surface area contributed by atoms with E-state index < -0.39 is 45.8 Å². The highest BCUT2D eigenvalue weighted by molar-refractivity contribution is 7.89. The van der Waals surface area contributed by atoms with Crippen molar-refractivity contribution < 1.29 is 45.1 Å². The minimum absolute atomic E-state index is 0.0560. The predicted molar refractivity (Wildman–Crippen MR) is 91.5 cm³/mol. The molecule has 1 unspecified atom stereocenters. The van der Waals surface area contributed by atoms with Gasteiger partial charge >= 0.3 is 12.1 Å². The van der Waals surface area contributed by atoms with Crippen molar-refractivity contribution in [3.63, 3.8) is 0 Å². The first-order valence-electron chi connectivity index (χ1n) is 8.77. The van der Waals surface area contributed by atoms with E-state index in [0.29, 0.717) is 6.42 Å². The van der Waals surface area contributed by atoms with Crippen LogP contribution in [0, 0.1) is 0 Å². The molecule has 1 aromatic heterocycles. The molecule has 1 atom stereocenters. The summed E-state index contributed by atoms with van der Waals surface area (Å²) in [6.07, 6.45) is -3.82. The molecule has 0 aromatic carbocycles. The molecule has 13 heteroatoms. The first kappa shape index (κ1) is 23.2. The summed E-state index contributed by atoms with van der Waals surface area (Å²) in [5.74, 6) is -1.75. The van der Waals surface area contributed by atoms with Gasteiger partial charge in [-0.1, -0.05) is 0 Å². The van der Waals surface area contributed by atoms with Crippen LogP contribution in [0.4, 0.5) is 13.2 Å². The van der Waals surface area contributed by atoms with Crippen LogP contribution in [0.25, 0.3) is 0 Å². The van der Waals surface area contributed by atoms with E-state index in [1.807, 2.05) is 0 Å². The maximum Gasteiger partial charge on any atom is 0.411 e. The highest BCUT2D eigenvalue weighted by Gasteiger charge is 2.41. The summed E-state index contributed by atoms with van der Waals surface area (Å²) < 4.78 is 76.7. The second kappa shape index (κ2) is 9.59. The van der Waals surface area contributed by atoms with Gasteiger partial charge in [-0.2, -0.15) is 17.5 Å². The Balaban J connectivity index is 1.98. The molecule has 0 bridgehead atoms. The van der Waals surface area contributed by atoms with Gasteiger partial charge in [0.15, 0.2) is 0 Å². The Morgan fingerprint density at radius 2 is 2.07 bits per heavy atom. The van der Waals surface area contributed by atoms with E-state index in [9.17, 15) is 31.2 Å². The van der Waals surface area contributed by atoms with Gasteiger partial charge in [0.25, 0.3) is 10.0 Å². The molecular weight excluding hydrogens is 421 g/mol. The fourth-order valence-electron chi connectivity index (χ4n) is 2.73. The summed E-state index contributed by atoms with van der Waals surface area (Å²) in [5, 5.41) is 1.86. The number of nitrogens with zero attached hydrogens (tertiary/aromatic N) is 1. The van der Waals surface area contributed by atoms with Gasteiger partial charge in [0, 0.05) is 13.1 Å². The van der Waals surface area contributed by atoms with Crippen molar-refractivity contribution in [2.24, 2.45) is 0 Å². The van der Waals surface area contributed by atoms with Gasteiger partial charge in [-0.3, -0.25) is 4.79 Å². The smallest absolute Gasteiger partial charge is 0.411 e. The van der Waals surface area contributed by atoms with Gasteiger partial charge < -0.3 is 19.2 Å². The lowest BCUT2D eigenvalue weighted by molar-refractivity contribution is -0.173. The summed E-state index contributed by atoms with van der Waals surface area (Å²) in [7, 11) is -4.20. The molecule has 0 saturated carbocycles. The average Bonchev–Trinajstić information content (AvgIpc) is 3.30. The van der Waals surface area contributed by atoms with Crippen molar-refractivity contribution in [2.45, 2.75) is 37.1 Å². The lowest BCUT2D eigenvalue weighted by Gasteiger charge is -2.22. The first-order chi connectivity index (χ1) is 13.6. The van der Waals surface area contributed by atoms with Crippen LogP contribution in [0.15, 0.2) is 21.6 Å². The van der Waals surface area contributed by atoms with Crippen molar-refractivity contribution in [3.05, 3.63) is 17.9 Å². The Bertz CT molecular complexity index is 823. The van der Waals surface area contributed by atoms with E-state index in [1.165, 1.54) is 0 Å². The largest absolute Gasteiger partial charge is 0.460 e. The second-order valence-electron chi connectivity index (χ2n) is 6.07. The number of hydrogen-bond acceptors (Lipinski definition) is 7. The van der Waals surface area contributed by atoms with Gasteiger partial charge in [-0.15, -0.1) is 0 Å². The Kier molecular flexibility index (Phi) is 7.66. The summed E-state index contributed by atoms with van der Waals surface area (Å²) in [6, 6.07) is 1.21. The molecule has 9 nitrogen and oxygen atoms in total. The Labute approximate surface area is 165 Å². The molecular formula is C16H21F3N2O7S. The van der Waals surface area contributed by atoms with E-state index in [2.05, 4.69) is 10.1 Å². The molecule has 1 fully saturated rings. The molecule has 1 aromatic rings. The van der Waals surface area contributed by atoms with Crippen molar-refractivity contribution in [1.29, 1.82) is 0 Å². The summed E-state index contributed by atoms with van der Waals surface area (Å²) in [6.45, 7) is -0.282. The molecule has 0 radical (unpaired) electrons. The minimum Gasteiger partial charge on any atom is -0.460 e. The number of halogens is 3. The number of amides is 1. The van der Waals surface area contributed by atoms with Crippen LogP contribution >= 0.6 is 0 Å². The molecule has 1 amide bonds. The minimum atomic E-state index is -4.47. The Morgan fingerprint density at radius 1 is 1.34 bits per heavy atom. The standard InChI is InChI=1S/C16H21F3N2O7S/c1-2-27-15(23)12-5-6-13(28-12)29(24,25)21-8-3-4-11(21)14(22)20-7-9-26-10-16(17,18)19/h5-6,11H,2-4,7-10H2,1H3,(H,20,22). The topological polar surface area (TPSA) is 115 Å². The van der Waals surface area contributed by atoms with Gasteiger partial charge in [0.2, 0.25) is 16.8 Å². The van der Waals surface area contributed by atoms with E-state index in [-0.39, 0.29) is 38.5 Å². The van der Waals surface area contributed by atoms with Crippen LogP contribution in [0.3, 0.4) is 0 Å². The fraction of sp³-hybridized carbons (Fsp3) is 0.625. The molecule has 0 aliphatic carbocycles. The van der Waals surface area contributed by atoms with Crippen LogP contribution in [-0.2, 0) is 24.3 Å². The Hall–Kier alpha value is -2.12. The fourth-order valence-corrected chi connectivity index (χ4v) is 4.30. The van der Waals surface area contributed by atoms with Gasteiger partial charge in [-0.25, -0.2) is 13.2 Å². The molecule has 2 rings (SSSR count).